The summed E-state index contributed by atoms with van der Waals surface area (Å²) < 4.78 is 9.02. The Balaban J connectivity index is 2.73. The Morgan fingerprint density at radius 3 is 2.67 bits per heavy atom. The summed E-state index contributed by atoms with van der Waals surface area (Å²) in [5, 5.41) is 14.5. The van der Waals surface area contributed by atoms with Crippen LogP contribution in [-0.2, 0) is 14.3 Å². The summed E-state index contributed by atoms with van der Waals surface area (Å²) in [4.78, 5) is 33.6. The highest BCUT2D eigenvalue weighted by molar-refractivity contribution is 5.97. The van der Waals surface area contributed by atoms with Gasteiger partial charge in [-0.25, -0.2) is 4.79 Å². The number of aryl methyl sites for hydroxylation is 1. The van der Waals surface area contributed by atoms with Gasteiger partial charge in [0.15, 0.2) is 0 Å². The lowest BCUT2D eigenvalue weighted by atomic mass is 10.2. The summed E-state index contributed by atoms with van der Waals surface area (Å²) >= 11 is 0. The first-order chi connectivity index (χ1) is 8.45. The smallest absolute Gasteiger partial charge is 0.326 e. The van der Waals surface area contributed by atoms with Gasteiger partial charge >= 0.3 is 11.9 Å². The average molecular weight is 256 g/mol. The molecule has 0 aromatic carbocycles. The predicted molar refractivity (Wildman–Crippen MR) is 56.8 cm³/mol. The minimum Gasteiger partial charge on any atom is -0.480 e. The fourth-order valence-corrected chi connectivity index (χ4v) is 1.20. The Bertz CT molecular complexity index is 467. The number of carbonyl (C=O) groups is 3. The van der Waals surface area contributed by atoms with E-state index in [0.29, 0.717) is 0 Å². The first-order valence-electron chi connectivity index (χ1n) is 4.97. The van der Waals surface area contributed by atoms with E-state index in [1.807, 2.05) is 0 Å². The van der Waals surface area contributed by atoms with Crippen LogP contribution in [0, 0.1) is 6.92 Å². The van der Waals surface area contributed by atoms with Crippen molar-refractivity contribution in [2.24, 2.45) is 0 Å². The molecule has 1 heterocycles. The van der Waals surface area contributed by atoms with Crippen molar-refractivity contribution in [1.29, 1.82) is 0 Å². The van der Waals surface area contributed by atoms with Crippen molar-refractivity contribution < 1.29 is 28.8 Å². The summed E-state index contributed by atoms with van der Waals surface area (Å²) in [5.74, 6) is -2.48. The number of carboxylic acids is 1. The second kappa shape index (κ2) is 5.80. The van der Waals surface area contributed by atoms with Crippen molar-refractivity contribution in [2.75, 3.05) is 7.11 Å². The fraction of sp³-hybridized carbons (Fsp3) is 0.400. The second-order valence-corrected chi connectivity index (χ2v) is 3.44. The van der Waals surface area contributed by atoms with E-state index in [1.165, 1.54) is 13.1 Å². The highest BCUT2D eigenvalue weighted by Crippen LogP contribution is 2.06. The van der Waals surface area contributed by atoms with Crippen molar-refractivity contribution in [3.63, 3.8) is 0 Å². The Morgan fingerprint density at radius 1 is 1.56 bits per heavy atom. The molecule has 0 saturated heterocycles. The molecule has 8 nitrogen and oxygen atoms in total. The zero-order chi connectivity index (χ0) is 13.7. The molecule has 1 rings (SSSR count). The maximum atomic E-state index is 11.7. The van der Waals surface area contributed by atoms with Crippen LogP contribution in [0.5, 0.6) is 0 Å². The molecule has 0 aliphatic heterocycles. The third-order valence-electron chi connectivity index (χ3n) is 2.20. The standard InChI is InChI=1S/C10H12N2O6/c1-5-6(4-11-18-5)9(14)12-7(10(15)16)3-8(13)17-2/h4,7H,3H2,1-2H3,(H,12,14)(H,15,16)/t7-/m0/s1. The number of ether oxygens (including phenoxy) is 1. The van der Waals surface area contributed by atoms with Gasteiger partial charge in [-0.1, -0.05) is 5.16 Å². The zero-order valence-corrected chi connectivity index (χ0v) is 9.80. The third-order valence-corrected chi connectivity index (χ3v) is 2.20. The molecule has 0 bridgehead atoms. The second-order valence-electron chi connectivity index (χ2n) is 3.44. The first-order valence-corrected chi connectivity index (χ1v) is 4.97. The maximum Gasteiger partial charge on any atom is 0.326 e. The number of hydrogen-bond acceptors (Lipinski definition) is 6. The molecule has 8 heteroatoms. The van der Waals surface area contributed by atoms with Gasteiger partial charge in [-0.05, 0) is 6.92 Å². The van der Waals surface area contributed by atoms with Crippen LogP contribution in [0.15, 0.2) is 10.7 Å². The lowest BCUT2D eigenvalue weighted by Crippen LogP contribution is -2.42. The van der Waals surface area contributed by atoms with Crippen molar-refractivity contribution in [3.05, 3.63) is 17.5 Å². The lowest BCUT2D eigenvalue weighted by Gasteiger charge is -2.12. The van der Waals surface area contributed by atoms with E-state index < -0.39 is 30.3 Å². The van der Waals surface area contributed by atoms with Crippen LogP contribution in [-0.4, -0.2) is 41.3 Å². The third kappa shape index (κ3) is 3.30. The summed E-state index contributed by atoms with van der Waals surface area (Å²) in [6.07, 6.45) is 0.712. The van der Waals surface area contributed by atoms with Crippen LogP contribution in [0.1, 0.15) is 22.5 Å². The number of aromatic nitrogens is 1. The van der Waals surface area contributed by atoms with E-state index in [9.17, 15) is 14.4 Å². The van der Waals surface area contributed by atoms with E-state index in [2.05, 4.69) is 19.7 Å². The largest absolute Gasteiger partial charge is 0.480 e. The van der Waals surface area contributed by atoms with Crippen molar-refractivity contribution in [1.82, 2.24) is 10.5 Å². The Labute approximate surface area is 102 Å². The number of nitrogens with one attached hydrogen (secondary N) is 1. The number of aliphatic carboxylic acids is 1. The SMILES string of the molecule is COC(=O)C[C@H](NC(=O)c1cnoc1C)C(=O)O. The number of esters is 1. The van der Waals surface area contributed by atoms with Gasteiger partial charge in [0.25, 0.3) is 5.91 Å². The molecule has 1 aromatic rings. The molecular weight excluding hydrogens is 244 g/mol. The van der Waals surface area contributed by atoms with Crippen LogP contribution in [0.25, 0.3) is 0 Å². The van der Waals surface area contributed by atoms with E-state index in [-0.39, 0.29) is 11.3 Å². The van der Waals surface area contributed by atoms with Crippen molar-refractivity contribution in [2.45, 2.75) is 19.4 Å². The predicted octanol–water partition coefficient (Wildman–Crippen LogP) is -0.271. The number of hydrogen-bond donors (Lipinski definition) is 2. The molecule has 0 radical (unpaired) electrons. The summed E-state index contributed by atoms with van der Waals surface area (Å²) in [5.41, 5.74) is 0.117. The molecule has 98 valence electrons. The molecule has 1 atom stereocenters. The quantitative estimate of drug-likeness (QED) is 0.696. The molecule has 1 aromatic heterocycles. The topological polar surface area (TPSA) is 119 Å². The van der Waals surface area contributed by atoms with E-state index >= 15 is 0 Å². The van der Waals surface area contributed by atoms with E-state index in [4.69, 9.17) is 5.11 Å². The number of carbonyl (C=O) groups excluding carboxylic acids is 2. The molecule has 2 N–H and O–H groups in total. The van der Waals surface area contributed by atoms with Crippen LogP contribution < -0.4 is 5.32 Å². The fourth-order valence-electron chi connectivity index (χ4n) is 1.20. The number of nitrogens with zero attached hydrogens (tertiary/aromatic N) is 1. The molecule has 0 saturated carbocycles. The van der Waals surface area contributed by atoms with Crippen molar-refractivity contribution in [3.8, 4) is 0 Å². The molecule has 0 spiro atoms. The van der Waals surface area contributed by atoms with E-state index in [0.717, 1.165) is 7.11 Å². The Hall–Kier alpha value is -2.38. The van der Waals surface area contributed by atoms with Crippen LogP contribution in [0.4, 0.5) is 0 Å². The average Bonchev–Trinajstić information content (AvgIpc) is 2.74. The molecule has 0 aliphatic carbocycles. The minimum atomic E-state index is -1.36. The molecule has 18 heavy (non-hydrogen) atoms. The number of rotatable bonds is 5. The highest BCUT2D eigenvalue weighted by Gasteiger charge is 2.25. The number of amides is 1. The van der Waals surface area contributed by atoms with E-state index in [1.54, 1.807) is 0 Å². The minimum absolute atomic E-state index is 0.117. The molecular formula is C10H12N2O6. The molecule has 0 unspecified atom stereocenters. The molecule has 0 aliphatic rings. The van der Waals surface area contributed by atoms with Gasteiger partial charge in [0.05, 0.1) is 19.7 Å². The van der Waals surface area contributed by atoms with Crippen molar-refractivity contribution >= 4 is 17.8 Å². The van der Waals surface area contributed by atoms with Gasteiger partial charge < -0.3 is 19.7 Å². The van der Waals surface area contributed by atoms with Gasteiger partial charge in [-0.3, -0.25) is 9.59 Å². The normalized spacial score (nSPS) is 11.7. The highest BCUT2D eigenvalue weighted by atomic mass is 16.5. The van der Waals surface area contributed by atoms with Crippen LogP contribution in [0.2, 0.25) is 0 Å². The molecule has 1 amide bonds. The van der Waals surface area contributed by atoms with Gasteiger partial charge in [0.1, 0.15) is 17.4 Å². The maximum absolute atomic E-state index is 11.7. The lowest BCUT2D eigenvalue weighted by molar-refractivity contribution is -0.147. The van der Waals surface area contributed by atoms with Gasteiger partial charge in [-0.15, -0.1) is 0 Å². The monoisotopic (exact) mass is 256 g/mol. The first kappa shape index (κ1) is 13.7. The number of carboxylic acid groups (broad SMARTS) is 1. The van der Waals surface area contributed by atoms with Crippen LogP contribution in [0.3, 0.4) is 0 Å². The number of methoxy groups -OCH3 is 1. The van der Waals surface area contributed by atoms with Gasteiger partial charge in [0.2, 0.25) is 0 Å². The van der Waals surface area contributed by atoms with Gasteiger partial charge in [-0.2, -0.15) is 0 Å². The summed E-state index contributed by atoms with van der Waals surface area (Å²) in [6.45, 7) is 1.51. The Kier molecular flexibility index (Phi) is 4.41. The van der Waals surface area contributed by atoms with Crippen LogP contribution >= 0.6 is 0 Å². The molecule has 0 fully saturated rings. The summed E-state index contributed by atoms with van der Waals surface area (Å²) in [7, 11) is 1.13. The Morgan fingerprint density at radius 2 is 2.22 bits per heavy atom. The summed E-state index contributed by atoms with van der Waals surface area (Å²) in [6, 6.07) is -1.36. The zero-order valence-electron chi connectivity index (χ0n) is 9.80. The van der Waals surface area contributed by atoms with Gasteiger partial charge in [0, 0.05) is 0 Å².